The summed E-state index contributed by atoms with van der Waals surface area (Å²) in [6.45, 7) is 4.98. The summed E-state index contributed by atoms with van der Waals surface area (Å²) in [6, 6.07) is 0. The van der Waals surface area contributed by atoms with Crippen LogP contribution in [-0.4, -0.2) is 57.1 Å². The van der Waals surface area contributed by atoms with E-state index in [-0.39, 0.29) is 35.5 Å². The summed E-state index contributed by atoms with van der Waals surface area (Å²) in [5.74, 6) is 2.83. The van der Waals surface area contributed by atoms with Gasteiger partial charge in [0.15, 0.2) is 11.8 Å². The highest BCUT2D eigenvalue weighted by Gasteiger charge is 2.58. The van der Waals surface area contributed by atoms with E-state index in [1.54, 1.807) is 0 Å². The number of rotatable bonds is 6. The third-order valence-corrected chi connectivity index (χ3v) is 6.85. The average Bonchev–Trinajstić information content (AvgIpc) is 3.51. The standard InChI is InChI=1S/C21H29N7O2/c1-2-22-21(24-12-16-26-25-15-5-3-4-9-27(15)16)23-8-10-28-19(29)17-13-6-7-14(11-13)18(17)20(28)30/h6-7,13-14,17-18H,2-5,8-12H2,1H3,(H2,22,23,24). The minimum atomic E-state index is -0.131. The van der Waals surface area contributed by atoms with Gasteiger partial charge in [0.25, 0.3) is 0 Å². The van der Waals surface area contributed by atoms with Crippen LogP contribution in [0, 0.1) is 23.7 Å². The maximum absolute atomic E-state index is 12.8. The molecule has 9 heteroatoms. The van der Waals surface area contributed by atoms with Crippen LogP contribution in [0.4, 0.5) is 0 Å². The molecule has 0 radical (unpaired) electrons. The van der Waals surface area contributed by atoms with E-state index in [4.69, 9.17) is 0 Å². The van der Waals surface area contributed by atoms with Crippen LogP contribution in [-0.2, 0) is 29.1 Å². The molecule has 2 bridgehead atoms. The molecule has 30 heavy (non-hydrogen) atoms. The number of carbonyl (C=O) groups is 2. The number of hydrogen-bond acceptors (Lipinski definition) is 5. The lowest BCUT2D eigenvalue weighted by Crippen LogP contribution is -2.43. The van der Waals surface area contributed by atoms with Gasteiger partial charge in [0.05, 0.1) is 11.8 Å². The normalized spacial score (nSPS) is 29.5. The van der Waals surface area contributed by atoms with E-state index >= 15 is 0 Å². The molecule has 0 aromatic carbocycles. The van der Waals surface area contributed by atoms with Gasteiger partial charge in [-0.15, -0.1) is 10.2 Å². The lowest BCUT2D eigenvalue weighted by Gasteiger charge is -2.18. The van der Waals surface area contributed by atoms with Gasteiger partial charge in [0.1, 0.15) is 12.4 Å². The van der Waals surface area contributed by atoms with Gasteiger partial charge in [-0.2, -0.15) is 0 Å². The summed E-state index contributed by atoms with van der Waals surface area (Å²) in [5, 5.41) is 15.0. The highest BCUT2D eigenvalue weighted by molar-refractivity contribution is 6.06. The molecular formula is C21H29N7O2. The molecule has 160 valence electrons. The van der Waals surface area contributed by atoms with Crippen molar-refractivity contribution in [2.75, 3.05) is 19.6 Å². The molecule has 9 nitrogen and oxygen atoms in total. The molecule has 2 amide bonds. The molecule has 2 aliphatic carbocycles. The van der Waals surface area contributed by atoms with Gasteiger partial charge in [0, 0.05) is 32.6 Å². The van der Waals surface area contributed by atoms with Crippen LogP contribution in [0.1, 0.15) is 37.8 Å². The Hall–Kier alpha value is -2.71. The molecular weight excluding hydrogens is 382 g/mol. The molecule has 1 saturated heterocycles. The summed E-state index contributed by atoms with van der Waals surface area (Å²) < 4.78 is 2.17. The Morgan fingerprint density at radius 3 is 2.63 bits per heavy atom. The quantitative estimate of drug-likeness (QED) is 0.305. The first-order valence-corrected chi connectivity index (χ1v) is 11.1. The number of fused-ring (bicyclic) bond motifs is 6. The Balaban J connectivity index is 1.18. The molecule has 4 aliphatic rings. The second-order valence-electron chi connectivity index (χ2n) is 8.59. The number of likely N-dealkylation sites (tertiary alicyclic amines) is 1. The van der Waals surface area contributed by atoms with Gasteiger partial charge in [-0.3, -0.25) is 14.5 Å². The van der Waals surface area contributed by atoms with Crippen LogP contribution < -0.4 is 10.6 Å². The SMILES string of the molecule is CCNC(=NCc1nnc2n1CCCC2)NCCN1C(=O)C2C3C=CC(C3)C2C1=O. The molecule has 2 fully saturated rings. The molecule has 3 heterocycles. The summed E-state index contributed by atoms with van der Waals surface area (Å²) in [6.07, 6.45) is 8.50. The summed E-state index contributed by atoms with van der Waals surface area (Å²) in [5.41, 5.74) is 0. The highest BCUT2D eigenvalue weighted by atomic mass is 16.2. The number of imide groups is 1. The second-order valence-corrected chi connectivity index (χ2v) is 8.59. The fourth-order valence-electron chi connectivity index (χ4n) is 5.45. The Labute approximate surface area is 176 Å². The number of amides is 2. The zero-order chi connectivity index (χ0) is 20.7. The smallest absolute Gasteiger partial charge is 0.233 e. The fraction of sp³-hybridized carbons (Fsp3) is 0.667. The summed E-state index contributed by atoms with van der Waals surface area (Å²) in [4.78, 5) is 31.7. The van der Waals surface area contributed by atoms with Gasteiger partial charge in [-0.1, -0.05) is 12.2 Å². The number of aromatic nitrogens is 3. The Kier molecular flexibility index (Phi) is 5.04. The first-order chi connectivity index (χ1) is 14.7. The van der Waals surface area contributed by atoms with Crippen molar-refractivity contribution in [3.05, 3.63) is 23.8 Å². The molecule has 1 aromatic rings. The molecule has 4 unspecified atom stereocenters. The van der Waals surface area contributed by atoms with E-state index in [2.05, 4.69) is 42.5 Å². The van der Waals surface area contributed by atoms with E-state index in [0.29, 0.717) is 25.6 Å². The molecule has 2 aliphatic heterocycles. The number of hydrogen-bond donors (Lipinski definition) is 2. The Morgan fingerprint density at radius 1 is 1.13 bits per heavy atom. The number of nitrogens with one attached hydrogen (secondary N) is 2. The van der Waals surface area contributed by atoms with Crippen molar-refractivity contribution in [3.63, 3.8) is 0 Å². The van der Waals surface area contributed by atoms with E-state index < -0.39 is 0 Å². The molecule has 4 atom stereocenters. The number of aliphatic imine (C=N–C) groups is 1. The van der Waals surface area contributed by atoms with Crippen LogP contribution in [0.2, 0.25) is 0 Å². The third-order valence-electron chi connectivity index (χ3n) is 6.85. The van der Waals surface area contributed by atoms with Gasteiger partial charge in [-0.25, -0.2) is 4.99 Å². The zero-order valence-corrected chi connectivity index (χ0v) is 17.4. The first kappa shape index (κ1) is 19.3. The Bertz CT molecular complexity index is 875. The van der Waals surface area contributed by atoms with Gasteiger partial charge in [0.2, 0.25) is 11.8 Å². The predicted molar refractivity (Wildman–Crippen MR) is 110 cm³/mol. The van der Waals surface area contributed by atoms with Crippen LogP contribution in [0.15, 0.2) is 17.1 Å². The number of guanidine groups is 1. The maximum Gasteiger partial charge on any atom is 0.233 e. The number of nitrogens with zero attached hydrogens (tertiary/aromatic N) is 5. The van der Waals surface area contributed by atoms with Crippen LogP contribution in [0.5, 0.6) is 0 Å². The van der Waals surface area contributed by atoms with Gasteiger partial charge >= 0.3 is 0 Å². The average molecular weight is 412 g/mol. The maximum atomic E-state index is 12.8. The molecule has 0 spiro atoms. The van der Waals surface area contributed by atoms with Crippen molar-refractivity contribution < 1.29 is 9.59 Å². The monoisotopic (exact) mass is 411 g/mol. The molecule has 2 N–H and O–H groups in total. The highest BCUT2D eigenvalue weighted by Crippen LogP contribution is 2.52. The van der Waals surface area contributed by atoms with Crippen molar-refractivity contribution in [1.82, 2.24) is 30.3 Å². The van der Waals surface area contributed by atoms with Crippen molar-refractivity contribution in [2.45, 2.75) is 45.7 Å². The topological polar surface area (TPSA) is 105 Å². The fourth-order valence-corrected chi connectivity index (χ4v) is 5.45. The van der Waals surface area contributed by atoms with Crippen LogP contribution >= 0.6 is 0 Å². The van der Waals surface area contributed by atoms with Gasteiger partial charge < -0.3 is 15.2 Å². The Morgan fingerprint density at radius 2 is 1.90 bits per heavy atom. The largest absolute Gasteiger partial charge is 0.357 e. The summed E-state index contributed by atoms with van der Waals surface area (Å²) in [7, 11) is 0. The minimum Gasteiger partial charge on any atom is -0.357 e. The molecule has 5 rings (SSSR count). The predicted octanol–water partition coefficient (Wildman–Crippen LogP) is 0.477. The zero-order valence-electron chi connectivity index (χ0n) is 17.4. The van der Waals surface area contributed by atoms with E-state index in [1.807, 2.05) is 6.92 Å². The van der Waals surface area contributed by atoms with Crippen molar-refractivity contribution in [1.29, 1.82) is 0 Å². The number of carbonyl (C=O) groups excluding carboxylic acids is 2. The lowest BCUT2D eigenvalue weighted by molar-refractivity contribution is -0.140. The second kappa shape index (κ2) is 7.85. The summed E-state index contributed by atoms with van der Waals surface area (Å²) >= 11 is 0. The van der Waals surface area contributed by atoms with Crippen molar-refractivity contribution >= 4 is 17.8 Å². The van der Waals surface area contributed by atoms with Crippen molar-refractivity contribution in [3.8, 4) is 0 Å². The van der Waals surface area contributed by atoms with Crippen LogP contribution in [0.3, 0.4) is 0 Å². The number of allylic oxidation sites excluding steroid dienone is 2. The van der Waals surface area contributed by atoms with Crippen LogP contribution in [0.25, 0.3) is 0 Å². The van der Waals surface area contributed by atoms with E-state index in [1.165, 1.54) is 11.3 Å². The van der Waals surface area contributed by atoms with Gasteiger partial charge in [-0.05, 0) is 38.0 Å². The molecule has 1 aromatic heterocycles. The number of aryl methyl sites for hydroxylation is 1. The third kappa shape index (κ3) is 3.20. The molecule has 1 saturated carbocycles. The van der Waals surface area contributed by atoms with Crippen molar-refractivity contribution in [2.24, 2.45) is 28.7 Å². The van der Waals surface area contributed by atoms with E-state index in [9.17, 15) is 9.59 Å². The first-order valence-electron chi connectivity index (χ1n) is 11.1. The van der Waals surface area contributed by atoms with E-state index in [0.717, 1.165) is 44.0 Å². The lowest BCUT2D eigenvalue weighted by atomic mass is 9.85. The minimum absolute atomic E-state index is 0.000627.